The third kappa shape index (κ3) is 3.02. The SMILES string of the molecule is COc1ccc(OC)c(C(Cl)c2ccc(C)c(Cl)c2)c1. The van der Waals surface area contributed by atoms with E-state index >= 15 is 0 Å². The second-order valence-electron chi connectivity index (χ2n) is 4.48. The van der Waals surface area contributed by atoms with Crippen LogP contribution in [0.1, 0.15) is 22.1 Å². The van der Waals surface area contributed by atoms with Gasteiger partial charge in [0.1, 0.15) is 11.5 Å². The molecule has 2 aromatic carbocycles. The minimum Gasteiger partial charge on any atom is -0.497 e. The average Bonchev–Trinajstić information content (AvgIpc) is 2.48. The highest BCUT2D eigenvalue weighted by Gasteiger charge is 2.17. The molecule has 2 nitrogen and oxygen atoms in total. The first-order valence-corrected chi connectivity index (χ1v) is 7.00. The van der Waals surface area contributed by atoms with Crippen LogP contribution in [0.4, 0.5) is 0 Å². The highest BCUT2D eigenvalue weighted by atomic mass is 35.5. The van der Waals surface area contributed by atoms with Gasteiger partial charge in [-0.2, -0.15) is 0 Å². The van der Waals surface area contributed by atoms with Crippen LogP contribution in [0.3, 0.4) is 0 Å². The predicted molar refractivity (Wildman–Crippen MR) is 83.4 cm³/mol. The van der Waals surface area contributed by atoms with Gasteiger partial charge in [0.2, 0.25) is 0 Å². The molecule has 106 valence electrons. The lowest BCUT2D eigenvalue weighted by molar-refractivity contribution is 0.399. The Kier molecular flexibility index (Phi) is 4.79. The molecule has 0 fully saturated rings. The summed E-state index contributed by atoms with van der Waals surface area (Å²) in [5.74, 6) is 1.46. The van der Waals surface area contributed by atoms with Crippen LogP contribution in [0.25, 0.3) is 0 Å². The summed E-state index contributed by atoms with van der Waals surface area (Å²) >= 11 is 12.7. The van der Waals surface area contributed by atoms with E-state index in [0.717, 1.165) is 28.2 Å². The van der Waals surface area contributed by atoms with Crippen LogP contribution in [0.15, 0.2) is 36.4 Å². The minimum absolute atomic E-state index is 0.349. The number of benzene rings is 2. The fraction of sp³-hybridized carbons (Fsp3) is 0.250. The molecule has 0 saturated heterocycles. The van der Waals surface area contributed by atoms with Crippen molar-refractivity contribution in [1.29, 1.82) is 0 Å². The lowest BCUT2D eigenvalue weighted by Crippen LogP contribution is -1.99. The third-order valence-corrected chi connectivity index (χ3v) is 4.09. The molecule has 4 heteroatoms. The van der Waals surface area contributed by atoms with Gasteiger partial charge < -0.3 is 9.47 Å². The third-order valence-electron chi connectivity index (χ3n) is 3.20. The average molecular weight is 311 g/mol. The highest BCUT2D eigenvalue weighted by Crippen LogP contribution is 2.38. The molecule has 2 aromatic rings. The summed E-state index contributed by atoms with van der Waals surface area (Å²) < 4.78 is 10.6. The van der Waals surface area contributed by atoms with Crippen molar-refractivity contribution in [2.24, 2.45) is 0 Å². The van der Waals surface area contributed by atoms with Gasteiger partial charge in [0, 0.05) is 10.6 Å². The first-order chi connectivity index (χ1) is 9.56. The number of rotatable bonds is 4. The molecule has 0 bridgehead atoms. The van der Waals surface area contributed by atoms with E-state index in [2.05, 4.69) is 0 Å². The Morgan fingerprint density at radius 2 is 1.75 bits per heavy atom. The molecule has 1 atom stereocenters. The Bertz CT molecular complexity index is 611. The maximum atomic E-state index is 6.57. The van der Waals surface area contributed by atoms with Gasteiger partial charge in [-0.3, -0.25) is 0 Å². The molecule has 0 aliphatic carbocycles. The Hall–Kier alpha value is -1.38. The van der Waals surface area contributed by atoms with Gasteiger partial charge in [-0.15, -0.1) is 11.6 Å². The minimum atomic E-state index is -0.349. The van der Waals surface area contributed by atoms with Crippen molar-refractivity contribution < 1.29 is 9.47 Å². The number of methoxy groups -OCH3 is 2. The van der Waals surface area contributed by atoms with Gasteiger partial charge in [0.25, 0.3) is 0 Å². The molecule has 1 unspecified atom stereocenters. The van der Waals surface area contributed by atoms with Crippen molar-refractivity contribution in [2.75, 3.05) is 14.2 Å². The van der Waals surface area contributed by atoms with E-state index in [1.54, 1.807) is 14.2 Å². The molecule has 20 heavy (non-hydrogen) atoms. The van der Waals surface area contributed by atoms with E-state index in [4.69, 9.17) is 32.7 Å². The van der Waals surface area contributed by atoms with Crippen molar-refractivity contribution in [3.8, 4) is 11.5 Å². The Labute approximate surface area is 129 Å². The van der Waals surface area contributed by atoms with Crippen molar-refractivity contribution >= 4 is 23.2 Å². The number of ether oxygens (including phenoxy) is 2. The van der Waals surface area contributed by atoms with E-state index in [1.807, 2.05) is 43.3 Å². The van der Waals surface area contributed by atoms with Crippen molar-refractivity contribution in [2.45, 2.75) is 12.3 Å². The van der Waals surface area contributed by atoms with Gasteiger partial charge in [-0.1, -0.05) is 23.7 Å². The summed E-state index contributed by atoms with van der Waals surface area (Å²) in [5.41, 5.74) is 2.80. The van der Waals surface area contributed by atoms with Gasteiger partial charge in [0.15, 0.2) is 0 Å². The maximum absolute atomic E-state index is 6.57. The van der Waals surface area contributed by atoms with E-state index in [1.165, 1.54) is 0 Å². The predicted octanol–water partition coefficient (Wildman–Crippen LogP) is 4.99. The summed E-state index contributed by atoms with van der Waals surface area (Å²) in [6.07, 6.45) is 0. The first-order valence-electron chi connectivity index (χ1n) is 6.19. The van der Waals surface area contributed by atoms with Crippen LogP contribution in [-0.2, 0) is 0 Å². The number of alkyl halides is 1. The quantitative estimate of drug-likeness (QED) is 0.740. The molecule has 0 N–H and O–H groups in total. The molecule has 0 aromatic heterocycles. The zero-order valence-electron chi connectivity index (χ0n) is 11.6. The summed E-state index contributed by atoms with van der Waals surface area (Å²) in [6.45, 7) is 1.96. The molecule has 0 spiro atoms. The van der Waals surface area contributed by atoms with E-state index < -0.39 is 0 Å². The van der Waals surface area contributed by atoms with Crippen LogP contribution < -0.4 is 9.47 Å². The summed E-state index contributed by atoms with van der Waals surface area (Å²) in [4.78, 5) is 0. The topological polar surface area (TPSA) is 18.5 Å². The smallest absolute Gasteiger partial charge is 0.124 e. The molecule has 0 saturated carbocycles. The van der Waals surface area contributed by atoms with Crippen LogP contribution >= 0.6 is 23.2 Å². The van der Waals surface area contributed by atoms with Gasteiger partial charge in [0.05, 0.1) is 19.6 Å². The Balaban J connectivity index is 2.45. The summed E-state index contributed by atoms with van der Waals surface area (Å²) in [7, 11) is 3.24. The second-order valence-corrected chi connectivity index (χ2v) is 5.32. The molecular weight excluding hydrogens is 295 g/mol. The summed E-state index contributed by atoms with van der Waals surface area (Å²) in [6, 6.07) is 11.4. The van der Waals surface area contributed by atoms with Gasteiger partial charge in [-0.25, -0.2) is 0 Å². The van der Waals surface area contributed by atoms with Gasteiger partial charge in [-0.05, 0) is 42.3 Å². The number of aryl methyl sites for hydroxylation is 1. The Morgan fingerprint density at radius 1 is 1.00 bits per heavy atom. The van der Waals surface area contributed by atoms with Crippen molar-refractivity contribution in [1.82, 2.24) is 0 Å². The molecule has 0 aliphatic rings. The zero-order chi connectivity index (χ0) is 14.7. The molecule has 0 radical (unpaired) electrons. The fourth-order valence-electron chi connectivity index (χ4n) is 1.98. The van der Waals surface area contributed by atoms with Gasteiger partial charge >= 0.3 is 0 Å². The summed E-state index contributed by atoms with van der Waals surface area (Å²) in [5, 5.41) is 0.355. The molecule has 0 heterocycles. The van der Waals surface area contributed by atoms with E-state index in [0.29, 0.717) is 5.02 Å². The molecule has 0 aliphatic heterocycles. The molecular formula is C16H16Cl2O2. The van der Waals surface area contributed by atoms with Crippen LogP contribution in [-0.4, -0.2) is 14.2 Å². The largest absolute Gasteiger partial charge is 0.497 e. The Morgan fingerprint density at radius 3 is 2.35 bits per heavy atom. The molecule has 0 amide bonds. The van der Waals surface area contributed by atoms with Crippen LogP contribution in [0, 0.1) is 6.92 Å². The number of hydrogen-bond acceptors (Lipinski definition) is 2. The first kappa shape index (κ1) is 15.0. The zero-order valence-corrected chi connectivity index (χ0v) is 13.1. The lowest BCUT2D eigenvalue weighted by atomic mass is 10.0. The number of halogens is 2. The number of hydrogen-bond donors (Lipinski definition) is 0. The van der Waals surface area contributed by atoms with Crippen molar-refractivity contribution in [3.63, 3.8) is 0 Å². The van der Waals surface area contributed by atoms with Crippen LogP contribution in [0.2, 0.25) is 5.02 Å². The standard InChI is InChI=1S/C16H16Cl2O2/c1-10-4-5-11(8-14(10)17)16(18)13-9-12(19-2)6-7-15(13)20-3/h4-9,16H,1-3H3. The van der Waals surface area contributed by atoms with Crippen LogP contribution in [0.5, 0.6) is 11.5 Å². The normalized spacial score (nSPS) is 12.1. The lowest BCUT2D eigenvalue weighted by Gasteiger charge is -2.16. The van der Waals surface area contributed by atoms with E-state index in [9.17, 15) is 0 Å². The van der Waals surface area contributed by atoms with Crippen molar-refractivity contribution in [3.05, 3.63) is 58.1 Å². The van der Waals surface area contributed by atoms with E-state index in [-0.39, 0.29) is 5.38 Å². The second kappa shape index (κ2) is 6.38. The monoisotopic (exact) mass is 310 g/mol. The fourth-order valence-corrected chi connectivity index (χ4v) is 2.48. The molecule has 2 rings (SSSR count). The highest BCUT2D eigenvalue weighted by molar-refractivity contribution is 6.31. The maximum Gasteiger partial charge on any atom is 0.124 e.